The van der Waals surface area contributed by atoms with Crippen LogP contribution in [-0.2, 0) is 11.3 Å². The number of carbonyl (C=O) groups excluding carboxylic acids is 1. The number of benzene rings is 1. The lowest BCUT2D eigenvalue weighted by atomic mass is 10.1. The third kappa shape index (κ3) is 3.00. The number of rotatable bonds is 6. The van der Waals surface area contributed by atoms with E-state index in [1.54, 1.807) is 10.6 Å². The summed E-state index contributed by atoms with van der Waals surface area (Å²) in [5.41, 5.74) is 1.80. The molecule has 6 heteroatoms. The lowest BCUT2D eigenvalue weighted by Crippen LogP contribution is -2.22. The molecule has 1 aromatic carbocycles. The zero-order valence-electron chi connectivity index (χ0n) is 12.3. The summed E-state index contributed by atoms with van der Waals surface area (Å²) in [5, 5.41) is 3.13. The summed E-state index contributed by atoms with van der Waals surface area (Å²) in [7, 11) is 0. The van der Waals surface area contributed by atoms with Gasteiger partial charge in [0.2, 0.25) is 0 Å². The molecule has 0 unspecified atom stereocenters. The Hall–Kier alpha value is -2.18. The van der Waals surface area contributed by atoms with Gasteiger partial charge in [0, 0.05) is 17.5 Å². The van der Waals surface area contributed by atoms with E-state index in [-0.39, 0.29) is 11.3 Å². The van der Waals surface area contributed by atoms with E-state index < -0.39 is 0 Å². The van der Waals surface area contributed by atoms with Gasteiger partial charge in [-0.05, 0) is 5.56 Å². The molecular formula is C17H14N2O2S2. The average molecular weight is 342 g/mol. The van der Waals surface area contributed by atoms with Crippen molar-refractivity contribution in [1.29, 1.82) is 0 Å². The molecule has 0 spiro atoms. The highest BCUT2D eigenvalue weighted by Gasteiger charge is 2.16. The number of hydrogen-bond acceptors (Lipinski definition) is 5. The monoisotopic (exact) mass is 342 g/mol. The molecule has 0 saturated heterocycles. The number of thiophene rings is 1. The van der Waals surface area contributed by atoms with E-state index in [2.05, 4.69) is 11.6 Å². The molecule has 116 valence electrons. The number of aldehydes is 1. The number of nitrogens with zero attached hydrogens (tertiary/aromatic N) is 2. The molecule has 0 aliphatic rings. The Morgan fingerprint density at radius 2 is 2.09 bits per heavy atom. The van der Waals surface area contributed by atoms with Crippen LogP contribution in [0.2, 0.25) is 0 Å². The zero-order valence-corrected chi connectivity index (χ0v) is 13.9. The first-order chi connectivity index (χ1) is 11.3. The largest absolute Gasteiger partial charge is 0.302 e. The fourth-order valence-corrected chi connectivity index (χ4v) is 4.03. The van der Waals surface area contributed by atoms with Gasteiger partial charge in [-0.3, -0.25) is 9.36 Å². The maximum Gasteiger partial charge on any atom is 0.263 e. The van der Waals surface area contributed by atoms with Crippen LogP contribution in [-0.4, -0.2) is 21.6 Å². The van der Waals surface area contributed by atoms with Crippen molar-refractivity contribution in [2.24, 2.45) is 0 Å². The Balaban J connectivity index is 2.24. The highest BCUT2D eigenvalue weighted by Crippen LogP contribution is 2.31. The summed E-state index contributed by atoms with van der Waals surface area (Å²) in [4.78, 5) is 28.8. The Kier molecular flexibility index (Phi) is 4.73. The third-order valence-corrected chi connectivity index (χ3v) is 5.08. The first-order valence-electron chi connectivity index (χ1n) is 7.01. The van der Waals surface area contributed by atoms with Crippen LogP contribution in [0.3, 0.4) is 0 Å². The molecule has 3 rings (SSSR count). The lowest BCUT2D eigenvalue weighted by Gasteiger charge is -2.09. The standard InChI is InChI=1S/C17H14N2O2S2/c1-2-8-19-16(21)14-13(12-6-4-3-5-7-12)11-23-15(14)18-17(19)22-10-9-20/h2-7,9,11H,1,8,10H2. The Labute approximate surface area is 141 Å². The molecule has 0 saturated carbocycles. The molecule has 2 heterocycles. The second-order valence-corrected chi connectivity index (χ2v) is 6.62. The molecule has 0 atom stereocenters. The first-order valence-corrected chi connectivity index (χ1v) is 8.87. The van der Waals surface area contributed by atoms with E-state index in [4.69, 9.17) is 0 Å². The molecule has 23 heavy (non-hydrogen) atoms. The fourth-order valence-electron chi connectivity index (χ4n) is 2.34. The van der Waals surface area contributed by atoms with Crippen LogP contribution in [0.1, 0.15) is 0 Å². The zero-order chi connectivity index (χ0) is 16.2. The molecule has 0 bridgehead atoms. The van der Waals surface area contributed by atoms with Crippen LogP contribution >= 0.6 is 23.1 Å². The first kappa shape index (κ1) is 15.7. The van der Waals surface area contributed by atoms with Gasteiger partial charge in [-0.25, -0.2) is 4.98 Å². The summed E-state index contributed by atoms with van der Waals surface area (Å²) in [6.45, 7) is 4.07. The number of carbonyl (C=O) groups is 1. The van der Waals surface area contributed by atoms with Gasteiger partial charge < -0.3 is 4.79 Å². The molecule has 2 aromatic heterocycles. The molecule has 0 radical (unpaired) electrons. The minimum atomic E-state index is -0.0941. The summed E-state index contributed by atoms with van der Waals surface area (Å²) in [5.74, 6) is 0.270. The van der Waals surface area contributed by atoms with Crippen LogP contribution < -0.4 is 5.56 Å². The van der Waals surface area contributed by atoms with E-state index in [1.165, 1.54) is 23.1 Å². The van der Waals surface area contributed by atoms with Gasteiger partial charge >= 0.3 is 0 Å². The number of aromatic nitrogens is 2. The van der Waals surface area contributed by atoms with Gasteiger partial charge in [-0.2, -0.15) is 0 Å². The third-order valence-electron chi connectivity index (χ3n) is 3.34. The maximum absolute atomic E-state index is 12.9. The minimum absolute atomic E-state index is 0.0941. The van der Waals surface area contributed by atoms with Crippen molar-refractivity contribution in [3.63, 3.8) is 0 Å². The van der Waals surface area contributed by atoms with Crippen LogP contribution in [0.25, 0.3) is 21.3 Å². The quantitative estimate of drug-likeness (QED) is 0.297. The fraction of sp³-hybridized carbons (Fsp3) is 0.118. The molecular weight excluding hydrogens is 328 g/mol. The second-order valence-electron chi connectivity index (χ2n) is 4.77. The van der Waals surface area contributed by atoms with Crippen molar-refractivity contribution in [3.8, 4) is 11.1 Å². The summed E-state index contributed by atoms with van der Waals surface area (Å²) in [6, 6.07) is 9.80. The smallest absolute Gasteiger partial charge is 0.263 e. The van der Waals surface area contributed by atoms with Crippen LogP contribution in [0.4, 0.5) is 0 Å². The average Bonchev–Trinajstić information content (AvgIpc) is 3.01. The maximum atomic E-state index is 12.9. The SMILES string of the molecule is C=CCn1c(SCC=O)nc2scc(-c3ccccc3)c2c1=O. The van der Waals surface area contributed by atoms with Gasteiger partial charge in [-0.15, -0.1) is 17.9 Å². The molecule has 0 fully saturated rings. The molecule has 0 aliphatic heterocycles. The number of allylic oxidation sites excluding steroid dienone is 1. The van der Waals surface area contributed by atoms with Crippen molar-refractivity contribution in [3.05, 3.63) is 58.7 Å². The lowest BCUT2D eigenvalue weighted by molar-refractivity contribution is -0.105. The molecule has 0 N–H and O–H groups in total. The normalized spacial score (nSPS) is 10.8. The van der Waals surface area contributed by atoms with Crippen molar-refractivity contribution in [2.45, 2.75) is 11.7 Å². The van der Waals surface area contributed by atoms with E-state index in [0.29, 0.717) is 21.9 Å². The topological polar surface area (TPSA) is 52.0 Å². The predicted molar refractivity (Wildman–Crippen MR) is 96.3 cm³/mol. The highest BCUT2D eigenvalue weighted by atomic mass is 32.2. The summed E-state index contributed by atoms with van der Waals surface area (Å²) >= 11 is 2.71. The molecule has 0 amide bonds. The number of hydrogen-bond donors (Lipinski definition) is 0. The van der Waals surface area contributed by atoms with Gasteiger partial charge in [0.15, 0.2) is 5.16 Å². The Morgan fingerprint density at radius 3 is 2.78 bits per heavy atom. The van der Waals surface area contributed by atoms with Crippen LogP contribution in [0, 0.1) is 0 Å². The van der Waals surface area contributed by atoms with E-state index >= 15 is 0 Å². The highest BCUT2D eigenvalue weighted by molar-refractivity contribution is 7.99. The van der Waals surface area contributed by atoms with Crippen molar-refractivity contribution < 1.29 is 4.79 Å². The van der Waals surface area contributed by atoms with Gasteiger partial charge in [0.25, 0.3) is 5.56 Å². The van der Waals surface area contributed by atoms with Gasteiger partial charge in [-0.1, -0.05) is 48.2 Å². The Bertz CT molecular complexity index is 913. The summed E-state index contributed by atoms with van der Waals surface area (Å²) < 4.78 is 1.57. The van der Waals surface area contributed by atoms with E-state index in [9.17, 15) is 9.59 Å². The Morgan fingerprint density at radius 1 is 1.30 bits per heavy atom. The second kappa shape index (κ2) is 6.93. The number of fused-ring (bicyclic) bond motifs is 1. The van der Waals surface area contributed by atoms with Crippen molar-refractivity contribution in [1.82, 2.24) is 9.55 Å². The van der Waals surface area contributed by atoms with Gasteiger partial charge in [0.1, 0.15) is 11.1 Å². The van der Waals surface area contributed by atoms with Crippen molar-refractivity contribution in [2.75, 3.05) is 5.75 Å². The van der Waals surface area contributed by atoms with Gasteiger partial charge in [0.05, 0.1) is 11.1 Å². The molecule has 4 nitrogen and oxygen atoms in total. The number of thioether (sulfide) groups is 1. The molecule has 3 aromatic rings. The van der Waals surface area contributed by atoms with Crippen LogP contribution in [0.5, 0.6) is 0 Å². The minimum Gasteiger partial charge on any atom is -0.302 e. The summed E-state index contributed by atoms with van der Waals surface area (Å²) in [6.07, 6.45) is 2.47. The van der Waals surface area contributed by atoms with E-state index in [0.717, 1.165) is 17.4 Å². The molecule has 0 aliphatic carbocycles. The van der Waals surface area contributed by atoms with Crippen LogP contribution in [0.15, 0.2) is 58.3 Å². The van der Waals surface area contributed by atoms with Crippen molar-refractivity contribution >= 4 is 39.6 Å². The van der Waals surface area contributed by atoms with E-state index in [1.807, 2.05) is 35.7 Å². The predicted octanol–water partition coefficient (Wildman–Crippen LogP) is 3.60.